The van der Waals surface area contributed by atoms with Crippen LogP contribution >= 0.6 is 0 Å². The van der Waals surface area contributed by atoms with Crippen LogP contribution in [0.1, 0.15) is 23.3 Å². The molecule has 0 unspecified atom stereocenters. The highest BCUT2D eigenvalue weighted by Crippen LogP contribution is 2.30. The van der Waals surface area contributed by atoms with Crippen molar-refractivity contribution in [3.05, 3.63) is 18.2 Å². The van der Waals surface area contributed by atoms with Crippen molar-refractivity contribution in [2.75, 3.05) is 0 Å². The number of carboxylic acid groups (broad SMARTS) is 1. The van der Waals surface area contributed by atoms with E-state index in [4.69, 9.17) is 5.11 Å². The highest BCUT2D eigenvalue weighted by Gasteiger charge is 2.23. The van der Waals surface area contributed by atoms with Crippen LogP contribution in [0.4, 0.5) is 0 Å². The molecule has 0 radical (unpaired) electrons. The molecule has 1 aliphatic rings. The van der Waals surface area contributed by atoms with E-state index in [1.165, 1.54) is 19.0 Å². The molecule has 0 aromatic carbocycles. The molecule has 1 N–H and O–H groups in total. The van der Waals surface area contributed by atoms with Crippen LogP contribution in [-0.4, -0.2) is 20.6 Å². The van der Waals surface area contributed by atoms with Crippen LogP contribution in [0.25, 0.3) is 0 Å². The maximum absolute atomic E-state index is 10.6. The van der Waals surface area contributed by atoms with Gasteiger partial charge in [0.2, 0.25) is 0 Å². The van der Waals surface area contributed by atoms with E-state index in [9.17, 15) is 4.79 Å². The first-order valence-electron chi connectivity index (χ1n) is 4.01. The van der Waals surface area contributed by atoms with Crippen LogP contribution in [0.15, 0.2) is 12.5 Å². The summed E-state index contributed by atoms with van der Waals surface area (Å²) in [6, 6.07) is 0. The highest BCUT2D eigenvalue weighted by atomic mass is 16.4. The van der Waals surface area contributed by atoms with E-state index in [1.54, 1.807) is 10.9 Å². The molecular formula is C8H10N2O2. The second-order valence-corrected chi connectivity index (χ2v) is 3.18. The average molecular weight is 166 g/mol. The summed E-state index contributed by atoms with van der Waals surface area (Å²) in [5.41, 5.74) is 0.293. The van der Waals surface area contributed by atoms with Gasteiger partial charge in [-0.05, 0) is 18.8 Å². The zero-order valence-corrected chi connectivity index (χ0v) is 6.60. The predicted octanol–water partition coefficient (Wildman–Crippen LogP) is 0.991. The molecular weight excluding hydrogens is 156 g/mol. The molecule has 0 spiro atoms. The molecule has 0 saturated heterocycles. The highest BCUT2D eigenvalue weighted by molar-refractivity contribution is 5.85. The fourth-order valence-corrected chi connectivity index (χ4v) is 1.22. The number of nitrogens with zero attached hydrogens (tertiary/aromatic N) is 2. The van der Waals surface area contributed by atoms with E-state index < -0.39 is 5.97 Å². The van der Waals surface area contributed by atoms with Crippen molar-refractivity contribution in [1.82, 2.24) is 9.55 Å². The summed E-state index contributed by atoms with van der Waals surface area (Å²) in [6.07, 6.45) is 5.42. The van der Waals surface area contributed by atoms with Crippen LogP contribution in [-0.2, 0) is 6.54 Å². The number of rotatable bonds is 3. The van der Waals surface area contributed by atoms with Gasteiger partial charge < -0.3 is 9.67 Å². The van der Waals surface area contributed by atoms with Gasteiger partial charge in [0.25, 0.3) is 0 Å². The lowest BCUT2D eigenvalue weighted by atomic mass is 10.4. The van der Waals surface area contributed by atoms with E-state index >= 15 is 0 Å². The Labute approximate surface area is 69.8 Å². The van der Waals surface area contributed by atoms with Gasteiger partial charge in [-0.15, -0.1) is 0 Å². The third-order valence-corrected chi connectivity index (χ3v) is 2.08. The van der Waals surface area contributed by atoms with Gasteiger partial charge in [-0.25, -0.2) is 9.78 Å². The molecule has 1 saturated carbocycles. The number of aromatic nitrogens is 2. The minimum absolute atomic E-state index is 0.293. The van der Waals surface area contributed by atoms with Crippen molar-refractivity contribution in [1.29, 1.82) is 0 Å². The zero-order valence-electron chi connectivity index (χ0n) is 6.60. The van der Waals surface area contributed by atoms with Crippen molar-refractivity contribution in [3.63, 3.8) is 0 Å². The Kier molecular flexibility index (Phi) is 1.60. The maximum atomic E-state index is 10.6. The lowest BCUT2D eigenvalue weighted by Gasteiger charge is -2.01. The van der Waals surface area contributed by atoms with E-state index in [2.05, 4.69) is 4.98 Å². The first-order chi connectivity index (χ1) is 5.77. The normalized spacial score (nSPS) is 16.3. The van der Waals surface area contributed by atoms with Crippen molar-refractivity contribution in [2.24, 2.45) is 5.92 Å². The summed E-state index contributed by atoms with van der Waals surface area (Å²) in [4.78, 5) is 14.4. The number of aromatic carboxylic acids is 1. The molecule has 2 rings (SSSR count). The van der Waals surface area contributed by atoms with Crippen molar-refractivity contribution in [3.8, 4) is 0 Å². The van der Waals surface area contributed by atoms with Crippen molar-refractivity contribution >= 4 is 5.97 Å². The summed E-state index contributed by atoms with van der Waals surface area (Å²) in [5, 5.41) is 8.73. The molecule has 0 amide bonds. The lowest BCUT2D eigenvalue weighted by molar-refractivity contribution is 0.0684. The third-order valence-electron chi connectivity index (χ3n) is 2.08. The van der Waals surface area contributed by atoms with Gasteiger partial charge in [0, 0.05) is 6.54 Å². The van der Waals surface area contributed by atoms with Crippen LogP contribution in [0.5, 0.6) is 0 Å². The second kappa shape index (κ2) is 2.62. The topological polar surface area (TPSA) is 55.1 Å². The molecule has 1 heterocycles. The number of hydrogen-bond acceptors (Lipinski definition) is 2. The van der Waals surface area contributed by atoms with Crippen LogP contribution < -0.4 is 0 Å². The number of carboxylic acids is 1. The summed E-state index contributed by atoms with van der Waals surface area (Å²) < 4.78 is 1.71. The molecule has 1 aliphatic carbocycles. The fraction of sp³-hybridized carbons (Fsp3) is 0.500. The molecule has 0 aliphatic heterocycles. The smallest absolute Gasteiger partial charge is 0.354 e. The minimum atomic E-state index is -0.895. The molecule has 1 aromatic rings. The zero-order chi connectivity index (χ0) is 8.55. The summed E-state index contributed by atoms with van der Waals surface area (Å²) in [5.74, 6) is -0.217. The van der Waals surface area contributed by atoms with Gasteiger partial charge in [-0.3, -0.25) is 0 Å². The van der Waals surface area contributed by atoms with E-state index in [0.717, 1.165) is 6.54 Å². The summed E-state index contributed by atoms with van der Waals surface area (Å²) in [6.45, 7) is 0.807. The van der Waals surface area contributed by atoms with Crippen LogP contribution in [0.3, 0.4) is 0 Å². The Bertz CT molecular complexity index is 302. The molecule has 4 heteroatoms. The SMILES string of the molecule is O=C(O)c1cncn1CC1CC1. The van der Waals surface area contributed by atoms with Gasteiger partial charge in [0.1, 0.15) is 5.69 Å². The quantitative estimate of drug-likeness (QED) is 0.728. The lowest BCUT2D eigenvalue weighted by Crippen LogP contribution is -2.08. The van der Waals surface area contributed by atoms with Crippen LogP contribution in [0.2, 0.25) is 0 Å². The predicted molar refractivity (Wildman–Crippen MR) is 41.9 cm³/mol. The molecule has 4 nitrogen and oxygen atoms in total. The summed E-state index contributed by atoms with van der Waals surface area (Å²) >= 11 is 0. The number of imidazole rings is 1. The number of carbonyl (C=O) groups is 1. The minimum Gasteiger partial charge on any atom is -0.477 e. The second-order valence-electron chi connectivity index (χ2n) is 3.18. The Balaban J connectivity index is 2.17. The van der Waals surface area contributed by atoms with Gasteiger partial charge in [0.15, 0.2) is 0 Å². The molecule has 12 heavy (non-hydrogen) atoms. The average Bonchev–Trinajstić information content (AvgIpc) is 2.66. The fourth-order valence-electron chi connectivity index (χ4n) is 1.22. The third kappa shape index (κ3) is 1.32. The van der Waals surface area contributed by atoms with Gasteiger partial charge in [-0.2, -0.15) is 0 Å². The maximum Gasteiger partial charge on any atom is 0.354 e. The van der Waals surface area contributed by atoms with Crippen molar-refractivity contribution in [2.45, 2.75) is 19.4 Å². The molecule has 64 valence electrons. The molecule has 0 bridgehead atoms. The van der Waals surface area contributed by atoms with E-state index in [0.29, 0.717) is 11.6 Å². The van der Waals surface area contributed by atoms with Crippen molar-refractivity contribution < 1.29 is 9.90 Å². The molecule has 0 atom stereocenters. The Morgan fingerprint density at radius 1 is 1.75 bits per heavy atom. The first-order valence-corrected chi connectivity index (χ1v) is 4.01. The summed E-state index contributed by atoms with van der Waals surface area (Å²) in [7, 11) is 0. The molecule has 1 fully saturated rings. The van der Waals surface area contributed by atoms with E-state index in [-0.39, 0.29) is 0 Å². The largest absolute Gasteiger partial charge is 0.477 e. The van der Waals surface area contributed by atoms with Crippen LogP contribution in [0, 0.1) is 5.92 Å². The Morgan fingerprint density at radius 2 is 2.50 bits per heavy atom. The number of hydrogen-bond donors (Lipinski definition) is 1. The first kappa shape index (κ1) is 7.34. The monoisotopic (exact) mass is 166 g/mol. The van der Waals surface area contributed by atoms with E-state index in [1.807, 2.05) is 0 Å². The Morgan fingerprint density at radius 3 is 3.08 bits per heavy atom. The molecule has 1 aromatic heterocycles. The van der Waals surface area contributed by atoms with Gasteiger partial charge in [0.05, 0.1) is 12.5 Å². The standard InChI is InChI=1S/C8H10N2O2/c11-8(12)7-3-9-5-10(7)4-6-1-2-6/h3,5-6H,1-2,4H2,(H,11,12). The van der Waals surface area contributed by atoms with Gasteiger partial charge >= 0.3 is 5.97 Å². The van der Waals surface area contributed by atoms with Gasteiger partial charge in [-0.1, -0.05) is 0 Å². The Hall–Kier alpha value is -1.32.